The van der Waals surface area contributed by atoms with Crippen LogP contribution in [0.15, 0.2) is 30.3 Å². The molecule has 0 saturated carbocycles. The fraction of sp³-hybridized carbons (Fsp3) is 0.375. The van der Waals surface area contributed by atoms with Crippen LogP contribution < -0.4 is 5.73 Å². The molecule has 3 rings (SSSR count). The van der Waals surface area contributed by atoms with Gasteiger partial charge in [-0.05, 0) is 24.0 Å². The molecule has 2 heterocycles. The van der Waals surface area contributed by atoms with Crippen molar-refractivity contribution in [3.63, 3.8) is 0 Å². The van der Waals surface area contributed by atoms with Gasteiger partial charge in [0.25, 0.3) is 0 Å². The van der Waals surface area contributed by atoms with Gasteiger partial charge >= 0.3 is 0 Å². The molecule has 0 saturated heterocycles. The lowest BCUT2D eigenvalue weighted by Crippen LogP contribution is -2.16. The molecule has 3 aromatic rings. The summed E-state index contributed by atoms with van der Waals surface area (Å²) >= 11 is 0. The van der Waals surface area contributed by atoms with E-state index in [9.17, 15) is 0 Å². The number of H-pyrrole nitrogens is 1. The first-order chi connectivity index (χ1) is 10.4. The van der Waals surface area contributed by atoms with Crippen LogP contribution in [0.25, 0.3) is 10.9 Å². The van der Waals surface area contributed by atoms with Gasteiger partial charge in [0.1, 0.15) is 5.82 Å². The van der Waals surface area contributed by atoms with Gasteiger partial charge in [0, 0.05) is 10.9 Å². The van der Waals surface area contributed by atoms with Crippen molar-refractivity contribution in [1.82, 2.24) is 25.6 Å². The van der Waals surface area contributed by atoms with Crippen molar-refractivity contribution in [1.29, 1.82) is 0 Å². The number of nitrogen functional groups attached to an aromatic ring is 1. The van der Waals surface area contributed by atoms with Crippen LogP contribution in [-0.4, -0.2) is 25.6 Å². The molecule has 3 N–H and O–H groups in total. The van der Waals surface area contributed by atoms with E-state index in [1.54, 1.807) is 0 Å². The average Bonchev–Trinajstić information content (AvgIpc) is 2.97. The molecule has 6 heteroatoms. The highest BCUT2D eigenvalue weighted by atomic mass is 15.5. The molecule has 0 radical (unpaired) electrons. The Kier molecular flexibility index (Phi) is 3.52. The maximum Gasteiger partial charge on any atom is 0.182 e. The second-order valence-corrected chi connectivity index (χ2v) is 6.74. The highest BCUT2D eigenvalue weighted by Crippen LogP contribution is 2.37. The summed E-state index contributed by atoms with van der Waals surface area (Å²) in [6.07, 6.45) is 0.858. The van der Waals surface area contributed by atoms with Crippen molar-refractivity contribution in [3.05, 3.63) is 41.7 Å². The minimum atomic E-state index is -0.0316. The number of hydrogen-bond acceptors (Lipinski definition) is 5. The van der Waals surface area contributed by atoms with E-state index in [2.05, 4.69) is 52.4 Å². The Hall–Kier alpha value is -2.50. The Morgan fingerprint density at radius 2 is 2.00 bits per heavy atom. The van der Waals surface area contributed by atoms with Gasteiger partial charge in [-0.25, -0.2) is 4.98 Å². The first-order valence-corrected chi connectivity index (χ1v) is 7.32. The number of aromatic amines is 1. The molecule has 22 heavy (non-hydrogen) atoms. The van der Waals surface area contributed by atoms with Crippen LogP contribution in [0.3, 0.4) is 0 Å². The van der Waals surface area contributed by atoms with Crippen molar-refractivity contribution in [2.45, 2.75) is 33.1 Å². The lowest BCUT2D eigenvalue weighted by atomic mass is 9.81. The lowest BCUT2D eigenvalue weighted by Gasteiger charge is -2.25. The maximum absolute atomic E-state index is 6.22. The van der Waals surface area contributed by atoms with Crippen LogP contribution in [-0.2, 0) is 0 Å². The summed E-state index contributed by atoms with van der Waals surface area (Å²) in [5, 5.41) is 15.6. The van der Waals surface area contributed by atoms with E-state index in [0.29, 0.717) is 11.6 Å². The zero-order valence-corrected chi connectivity index (χ0v) is 13.0. The number of rotatable bonds is 3. The largest absolute Gasteiger partial charge is 0.383 e. The van der Waals surface area contributed by atoms with Crippen LogP contribution >= 0.6 is 0 Å². The number of nitrogens with two attached hydrogens (primary N) is 1. The molecule has 1 aromatic carbocycles. The summed E-state index contributed by atoms with van der Waals surface area (Å²) in [6.45, 7) is 6.56. The van der Waals surface area contributed by atoms with Crippen molar-refractivity contribution in [3.8, 4) is 0 Å². The van der Waals surface area contributed by atoms with Gasteiger partial charge in [-0.2, -0.15) is 5.21 Å². The smallest absolute Gasteiger partial charge is 0.182 e. The zero-order chi connectivity index (χ0) is 15.7. The third-order valence-corrected chi connectivity index (χ3v) is 3.65. The van der Waals surface area contributed by atoms with Crippen LogP contribution in [0.1, 0.15) is 44.5 Å². The number of aromatic nitrogens is 5. The molecule has 1 atom stereocenters. The fourth-order valence-electron chi connectivity index (χ4n) is 2.70. The monoisotopic (exact) mass is 296 g/mol. The quantitative estimate of drug-likeness (QED) is 0.775. The molecule has 0 aliphatic heterocycles. The van der Waals surface area contributed by atoms with Gasteiger partial charge in [-0.15, -0.1) is 10.2 Å². The number of tetrazole rings is 1. The predicted octanol–water partition coefficient (Wildman–Crippen LogP) is 2.90. The highest BCUT2D eigenvalue weighted by Gasteiger charge is 2.27. The number of pyridine rings is 1. The molecular formula is C16H20N6. The minimum Gasteiger partial charge on any atom is -0.383 e. The molecule has 114 valence electrons. The Morgan fingerprint density at radius 3 is 2.68 bits per heavy atom. The topological polar surface area (TPSA) is 93.4 Å². The molecule has 0 fully saturated rings. The molecule has 0 aliphatic carbocycles. The molecule has 0 spiro atoms. The lowest BCUT2D eigenvalue weighted by molar-refractivity contribution is 0.352. The van der Waals surface area contributed by atoms with E-state index in [1.165, 1.54) is 0 Å². The second kappa shape index (κ2) is 5.36. The van der Waals surface area contributed by atoms with E-state index >= 15 is 0 Å². The maximum atomic E-state index is 6.22. The number of para-hydroxylation sites is 1. The van der Waals surface area contributed by atoms with E-state index < -0.39 is 0 Å². The Morgan fingerprint density at radius 1 is 1.23 bits per heavy atom. The molecule has 6 nitrogen and oxygen atoms in total. The number of anilines is 1. The predicted molar refractivity (Wildman–Crippen MR) is 86.2 cm³/mol. The van der Waals surface area contributed by atoms with Crippen LogP contribution in [0.2, 0.25) is 0 Å². The standard InChI is InChI=1S/C16H20N6/c1-16(2,3)9-12(15-19-21-22-20-15)11-8-10-6-4-5-7-13(10)18-14(11)17/h4-8,12H,9H2,1-3H3,(H2,17,18)(H,19,20,21,22). The SMILES string of the molecule is CC(C)(C)CC(c1nn[nH]n1)c1cc2ccccc2nc1N. The van der Waals surface area contributed by atoms with E-state index in [1.807, 2.05) is 24.3 Å². The summed E-state index contributed by atoms with van der Waals surface area (Å²) in [4.78, 5) is 4.53. The van der Waals surface area contributed by atoms with Crippen LogP contribution in [0.4, 0.5) is 5.82 Å². The van der Waals surface area contributed by atoms with Crippen LogP contribution in [0.5, 0.6) is 0 Å². The van der Waals surface area contributed by atoms with Crippen molar-refractivity contribution < 1.29 is 0 Å². The van der Waals surface area contributed by atoms with Gasteiger partial charge < -0.3 is 5.73 Å². The van der Waals surface area contributed by atoms with E-state index in [4.69, 9.17) is 5.73 Å². The van der Waals surface area contributed by atoms with Crippen molar-refractivity contribution in [2.75, 3.05) is 5.73 Å². The van der Waals surface area contributed by atoms with Gasteiger partial charge in [-0.1, -0.05) is 44.2 Å². The van der Waals surface area contributed by atoms with Crippen molar-refractivity contribution >= 4 is 16.7 Å². The molecule has 2 aromatic heterocycles. The third kappa shape index (κ3) is 2.90. The minimum absolute atomic E-state index is 0.0316. The molecule has 1 unspecified atom stereocenters. The second-order valence-electron chi connectivity index (χ2n) is 6.74. The molecule has 0 aliphatic rings. The molecule has 0 amide bonds. The summed E-state index contributed by atoms with van der Waals surface area (Å²) in [5.41, 5.74) is 8.16. The van der Waals surface area contributed by atoms with Crippen molar-refractivity contribution in [2.24, 2.45) is 5.41 Å². The van der Waals surface area contributed by atoms with E-state index in [-0.39, 0.29) is 11.3 Å². The zero-order valence-electron chi connectivity index (χ0n) is 13.0. The number of fused-ring (bicyclic) bond motifs is 1. The highest BCUT2D eigenvalue weighted by molar-refractivity contribution is 5.81. The summed E-state index contributed by atoms with van der Waals surface area (Å²) in [7, 11) is 0. The van der Waals surface area contributed by atoms with E-state index in [0.717, 1.165) is 22.9 Å². The number of nitrogens with zero attached hydrogens (tertiary/aromatic N) is 4. The summed E-state index contributed by atoms with van der Waals surface area (Å²) in [5.74, 6) is 1.15. The first-order valence-electron chi connectivity index (χ1n) is 7.32. The van der Waals surface area contributed by atoms with Gasteiger partial charge in [0.05, 0.1) is 11.4 Å². The Labute approximate surface area is 129 Å². The Bertz CT molecular complexity index is 773. The van der Waals surface area contributed by atoms with Gasteiger partial charge in [0.2, 0.25) is 0 Å². The Balaban J connectivity index is 2.13. The average molecular weight is 296 g/mol. The third-order valence-electron chi connectivity index (χ3n) is 3.65. The first kappa shape index (κ1) is 14.4. The summed E-state index contributed by atoms with van der Waals surface area (Å²) < 4.78 is 0. The summed E-state index contributed by atoms with van der Waals surface area (Å²) in [6, 6.07) is 10.0. The number of nitrogens with one attached hydrogen (secondary N) is 1. The molecule has 0 bridgehead atoms. The van der Waals surface area contributed by atoms with Gasteiger partial charge in [0.15, 0.2) is 5.82 Å². The van der Waals surface area contributed by atoms with Gasteiger partial charge in [-0.3, -0.25) is 0 Å². The number of hydrogen-bond donors (Lipinski definition) is 2. The normalized spacial score (nSPS) is 13.4. The number of benzene rings is 1. The van der Waals surface area contributed by atoms with Crippen LogP contribution in [0, 0.1) is 5.41 Å². The molecular weight excluding hydrogens is 276 g/mol. The fourth-order valence-corrected chi connectivity index (χ4v) is 2.70.